The second-order valence-corrected chi connectivity index (χ2v) is 8.89. The molecule has 2 aromatic carbocycles. The minimum Gasteiger partial charge on any atom is -0.467 e. The Bertz CT molecular complexity index is 1010. The van der Waals surface area contributed by atoms with Crippen LogP contribution in [0.3, 0.4) is 0 Å². The number of furan rings is 1. The van der Waals surface area contributed by atoms with Gasteiger partial charge in [-0.1, -0.05) is 63.2 Å². The Kier molecular flexibility index (Phi) is 9.32. The number of anilines is 1. The lowest BCUT2D eigenvalue weighted by atomic mass is 10.1. The molecule has 6 nitrogen and oxygen atoms in total. The average Bonchev–Trinajstić information content (AvgIpc) is 3.35. The van der Waals surface area contributed by atoms with E-state index in [2.05, 4.69) is 24.4 Å². The molecule has 0 atom stereocenters. The predicted octanol–water partition coefficient (Wildman–Crippen LogP) is 5.60. The van der Waals surface area contributed by atoms with E-state index in [0.717, 1.165) is 29.9 Å². The maximum atomic E-state index is 13.4. The van der Waals surface area contributed by atoms with Crippen molar-refractivity contribution in [1.29, 1.82) is 0 Å². The van der Waals surface area contributed by atoms with Gasteiger partial charge in [0.1, 0.15) is 12.3 Å². The van der Waals surface area contributed by atoms with Crippen LogP contribution in [0.4, 0.5) is 10.5 Å². The average molecular weight is 462 g/mol. The van der Waals surface area contributed by atoms with Crippen LogP contribution in [-0.4, -0.2) is 41.4 Å². The van der Waals surface area contributed by atoms with Crippen molar-refractivity contribution in [3.63, 3.8) is 0 Å². The molecule has 0 spiro atoms. The first-order valence-electron chi connectivity index (χ1n) is 11.9. The van der Waals surface area contributed by atoms with Crippen LogP contribution in [0, 0.1) is 5.92 Å². The van der Waals surface area contributed by atoms with Crippen LogP contribution < -0.4 is 5.32 Å². The topological polar surface area (TPSA) is 65.8 Å². The van der Waals surface area contributed by atoms with Gasteiger partial charge in [0.05, 0.1) is 12.8 Å². The quantitative estimate of drug-likeness (QED) is 0.404. The first-order chi connectivity index (χ1) is 16.4. The second kappa shape index (κ2) is 12.6. The molecular weight excluding hydrogens is 426 g/mol. The number of amides is 3. The molecule has 0 aliphatic heterocycles. The molecule has 0 unspecified atom stereocenters. The van der Waals surface area contributed by atoms with Crippen molar-refractivity contribution in [2.45, 2.75) is 40.2 Å². The van der Waals surface area contributed by atoms with E-state index in [9.17, 15) is 9.59 Å². The molecule has 0 bridgehead atoms. The summed E-state index contributed by atoms with van der Waals surface area (Å²) in [6.07, 6.45) is 3.28. The van der Waals surface area contributed by atoms with E-state index < -0.39 is 0 Å². The van der Waals surface area contributed by atoms with Gasteiger partial charge in [0.2, 0.25) is 5.91 Å². The molecule has 180 valence electrons. The van der Waals surface area contributed by atoms with E-state index in [-0.39, 0.29) is 24.4 Å². The number of hydrogen-bond acceptors (Lipinski definition) is 3. The Hall–Kier alpha value is -3.54. The standard InChI is InChI=1S/C28H35N3O3/c1-4-23-12-14-25(15-13-23)29-28(33)31(19-22(2)3)21-27(32)30(20-26-11-8-18-34-26)17-16-24-9-6-5-7-10-24/h5-15,18,22H,4,16-17,19-21H2,1-3H3,(H,29,33). The Balaban J connectivity index is 1.70. The van der Waals surface area contributed by atoms with Crippen LogP contribution in [0.1, 0.15) is 37.7 Å². The van der Waals surface area contributed by atoms with Crippen molar-refractivity contribution in [2.24, 2.45) is 5.92 Å². The van der Waals surface area contributed by atoms with Gasteiger partial charge in [0.25, 0.3) is 0 Å². The number of carbonyl (C=O) groups excluding carboxylic acids is 2. The first kappa shape index (κ1) is 25.1. The van der Waals surface area contributed by atoms with E-state index in [0.29, 0.717) is 19.6 Å². The highest BCUT2D eigenvalue weighted by Gasteiger charge is 2.23. The summed E-state index contributed by atoms with van der Waals surface area (Å²) in [6, 6.07) is 21.3. The molecule has 3 rings (SSSR count). The third-order valence-electron chi connectivity index (χ3n) is 5.61. The van der Waals surface area contributed by atoms with Crippen LogP contribution >= 0.6 is 0 Å². The van der Waals surface area contributed by atoms with Gasteiger partial charge in [-0.25, -0.2) is 4.79 Å². The molecule has 0 radical (unpaired) electrons. The Morgan fingerprint density at radius 2 is 1.65 bits per heavy atom. The molecule has 0 aliphatic carbocycles. The van der Waals surface area contributed by atoms with Gasteiger partial charge in [0.15, 0.2) is 0 Å². The molecule has 0 saturated carbocycles. The SMILES string of the molecule is CCc1ccc(NC(=O)N(CC(=O)N(CCc2ccccc2)Cc2ccco2)CC(C)C)cc1. The molecule has 0 fully saturated rings. The number of aryl methyl sites for hydroxylation is 1. The van der Waals surface area contributed by atoms with Gasteiger partial charge in [-0.15, -0.1) is 0 Å². The fourth-order valence-electron chi connectivity index (χ4n) is 3.74. The molecule has 3 amide bonds. The molecule has 1 heterocycles. The normalized spacial score (nSPS) is 10.8. The van der Waals surface area contributed by atoms with Crippen molar-refractivity contribution in [3.05, 3.63) is 89.9 Å². The van der Waals surface area contributed by atoms with Gasteiger partial charge in [-0.05, 0) is 54.2 Å². The van der Waals surface area contributed by atoms with Crippen LogP contribution in [0.5, 0.6) is 0 Å². The van der Waals surface area contributed by atoms with E-state index in [1.54, 1.807) is 16.1 Å². The van der Waals surface area contributed by atoms with E-state index in [1.807, 2.05) is 68.4 Å². The van der Waals surface area contributed by atoms with Crippen molar-refractivity contribution in [2.75, 3.05) is 25.0 Å². The summed E-state index contributed by atoms with van der Waals surface area (Å²) in [5.41, 5.74) is 3.09. The summed E-state index contributed by atoms with van der Waals surface area (Å²) in [7, 11) is 0. The fourth-order valence-corrected chi connectivity index (χ4v) is 3.74. The Morgan fingerprint density at radius 1 is 0.912 bits per heavy atom. The third kappa shape index (κ3) is 7.80. The molecule has 34 heavy (non-hydrogen) atoms. The van der Waals surface area contributed by atoms with Gasteiger partial charge >= 0.3 is 6.03 Å². The van der Waals surface area contributed by atoms with Gasteiger partial charge in [0, 0.05) is 18.8 Å². The number of carbonyl (C=O) groups is 2. The number of hydrogen-bond donors (Lipinski definition) is 1. The number of nitrogens with one attached hydrogen (secondary N) is 1. The van der Waals surface area contributed by atoms with E-state index >= 15 is 0 Å². The number of nitrogens with zero attached hydrogens (tertiary/aromatic N) is 2. The highest BCUT2D eigenvalue weighted by Crippen LogP contribution is 2.13. The molecule has 6 heteroatoms. The summed E-state index contributed by atoms with van der Waals surface area (Å²) < 4.78 is 5.49. The van der Waals surface area contributed by atoms with Gasteiger partial charge in [-0.2, -0.15) is 0 Å². The van der Waals surface area contributed by atoms with Crippen LogP contribution in [0.25, 0.3) is 0 Å². The molecule has 3 aromatic rings. The van der Waals surface area contributed by atoms with Crippen LogP contribution in [-0.2, 0) is 24.2 Å². The van der Waals surface area contributed by atoms with Gasteiger partial charge < -0.3 is 19.5 Å². The third-order valence-corrected chi connectivity index (χ3v) is 5.61. The summed E-state index contributed by atoms with van der Waals surface area (Å²) in [4.78, 5) is 29.8. The second-order valence-electron chi connectivity index (χ2n) is 8.89. The molecule has 1 aromatic heterocycles. The van der Waals surface area contributed by atoms with E-state index in [4.69, 9.17) is 4.42 Å². The lowest BCUT2D eigenvalue weighted by Crippen LogP contribution is -2.46. The number of rotatable bonds is 11. The zero-order chi connectivity index (χ0) is 24.3. The number of benzene rings is 2. The lowest BCUT2D eigenvalue weighted by Gasteiger charge is -2.28. The largest absolute Gasteiger partial charge is 0.467 e. The zero-order valence-corrected chi connectivity index (χ0v) is 20.4. The fraction of sp³-hybridized carbons (Fsp3) is 0.357. The first-order valence-corrected chi connectivity index (χ1v) is 11.9. The summed E-state index contributed by atoms with van der Waals surface area (Å²) >= 11 is 0. The van der Waals surface area contributed by atoms with Gasteiger partial charge in [-0.3, -0.25) is 4.79 Å². The predicted molar refractivity (Wildman–Crippen MR) is 136 cm³/mol. The smallest absolute Gasteiger partial charge is 0.322 e. The van der Waals surface area contributed by atoms with Crippen molar-refractivity contribution in [1.82, 2.24) is 9.80 Å². The maximum Gasteiger partial charge on any atom is 0.322 e. The summed E-state index contributed by atoms with van der Waals surface area (Å²) in [5, 5.41) is 2.94. The Labute approximate surface area is 202 Å². The molecular formula is C28H35N3O3. The van der Waals surface area contributed by atoms with Crippen LogP contribution in [0.2, 0.25) is 0 Å². The van der Waals surface area contributed by atoms with Crippen molar-refractivity contribution in [3.8, 4) is 0 Å². The highest BCUT2D eigenvalue weighted by atomic mass is 16.3. The molecule has 0 aliphatic rings. The lowest BCUT2D eigenvalue weighted by molar-refractivity contribution is -0.132. The van der Waals surface area contributed by atoms with E-state index in [1.165, 1.54) is 5.56 Å². The minimum absolute atomic E-state index is 0.00650. The molecule has 1 N–H and O–H groups in total. The zero-order valence-electron chi connectivity index (χ0n) is 20.4. The minimum atomic E-state index is -0.271. The number of urea groups is 1. The van der Waals surface area contributed by atoms with Crippen molar-refractivity contribution >= 4 is 17.6 Å². The Morgan fingerprint density at radius 3 is 2.26 bits per heavy atom. The molecule has 0 saturated heterocycles. The highest BCUT2D eigenvalue weighted by molar-refractivity contribution is 5.92. The summed E-state index contributed by atoms with van der Waals surface area (Å²) in [6.45, 7) is 7.57. The van der Waals surface area contributed by atoms with Crippen LogP contribution in [0.15, 0.2) is 77.4 Å². The van der Waals surface area contributed by atoms with Crippen molar-refractivity contribution < 1.29 is 14.0 Å². The monoisotopic (exact) mass is 461 g/mol. The maximum absolute atomic E-state index is 13.4. The summed E-state index contributed by atoms with van der Waals surface area (Å²) in [5.74, 6) is 0.839.